The lowest BCUT2D eigenvalue weighted by molar-refractivity contribution is 0.507. The van der Waals surface area contributed by atoms with Gasteiger partial charge in [-0.3, -0.25) is 0 Å². The minimum Gasteiger partial charge on any atom is -0.369 e. The summed E-state index contributed by atoms with van der Waals surface area (Å²) in [6.45, 7) is 0. The summed E-state index contributed by atoms with van der Waals surface area (Å²) in [6.07, 6.45) is 2.23. The highest BCUT2D eigenvalue weighted by atomic mass is 19.2. The Morgan fingerprint density at radius 2 is 1.75 bits per heavy atom. The third-order valence-corrected chi connectivity index (χ3v) is 1.99. The summed E-state index contributed by atoms with van der Waals surface area (Å²) >= 11 is 0. The van der Waals surface area contributed by atoms with Gasteiger partial charge in [0.15, 0.2) is 11.6 Å². The molecule has 4 N–H and O–H groups in total. The quantitative estimate of drug-likeness (QED) is 0.675. The van der Waals surface area contributed by atoms with E-state index >= 15 is 0 Å². The van der Waals surface area contributed by atoms with E-state index in [0.717, 1.165) is 18.4 Å². The molecule has 0 amide bonds. The van der Waals surface area contributed by atoms with E-state index in [-0.39, 0.29) is 6.15 Å². The fraction of sp³-hybridized carbons (Fsp3) is 0.333. The summed E-state index contributed by atoms with van der Waals surface area (Å²) in [4.78, 5) is 0. The number of benzene rings is 1. The van der Waals surface area contributed by atoms with E-state index in [2.05, 4.69) is 0 Å². The van der Waals surface area contributed by atoms with Crippen LogP contribution in [0.4, 0.5) is 8.78 Å². The zero-order valence-electron chi connectivity index (χ0n) is 6.98. The number of rotatable bonds is 1. The molecule has 1 aromatic rings. The fourth-order valence-corrected chi connectivity index (χ4v) is 1.18. The van der Waals surface area contributed by atoms with Gasteiger partial charge in [-0.05, 0) is 36.5 Å². The second-order valence-electron chi connectivity index (χ2n) is 2.95. The van der Waals surface area contributed by atoms with Gasteiger partial charge >= 0.3 is 0 Å². The van der Waals surface area contributed by atoms with Gasteiger partial charge in [-0.1, -0.05) is 6.07 Å². The summed E-state index contributed by atoms with van der Waals surface area (Å²) in [5.41, 5.74) is 0.934. The van der Waals surface area contributed by atoms with Gasteiger partial charge in [-0.15, -0.1) is 0 Å². The molecule has 0 aromatic heterocycles. The molecule has 1 aromatic carbocycles. The van der Waals surface area contributed by atoms with E-state index in [4.69, 9.17) is 0 Å². The molecule has 2 rings (SSSR count). The van der Waals surface area contributed by atoms with Crippen LogP contribution in [0.25, 0.3) is 0 Å². The van der Waals surface area contributed by atoms with Crippen molar-refractivity contribution in [3.8, 4) is 0 Å². The molecule has 0 bridgehead atoms. The molecule has 1 nitrogen and oxygen atoms in total. The van der Waals surface area contributed by atoms with Crippen LogP contribution in [0.15, 0.2) is 18.2 Å². The predicted octanol–water partition coefficient (Wildman–Crippen LogP) is 3.22. The fourth-order valence-electron chi connectivity index (χ4n) is 1.18. The Balaban J connectivity index is 0.000000720. The van der Waals surface area contributed by atoms with Crippen LogP contribution in [0.5, 0.6) is 0 Å². The van der Waals surface area contributed by atoms with Gasteiger partial charge in [0.2, 0.25) is 0 Å². The van der Waals surface area contributed by atoms with Crippen LogP contribution in [-0.4, -0.2) is 0 Å². The molecule has 12 heavy (non-hydrogen) atoms. The Hall–Kier alpha value is -0.960. The van der Waals surface area contributed by atoms with E-state index in [0.29, 0.717) is 5.92 Å². The van der Waals surface area contributed by atoms with Crippen molar-refractivity contribution >= 4 is 0 Å². The summed E-state index contributed by atoms with van der Waals surface area (Å²) in [5.74, 6) is -0.992. The van der Waals surface area contributed by atoms with E-state index in [1.165, 1.54) is 12.1 Å². The minimum absolute atomic E-state index is 0. The SMILES string of the molecule is Fc1ccc(C2CC2)cc1F.[NH4+]. The highest BCUT2D eigenvalue weighted by Gasteiger charge is 2.24. The van der Waals surface area contributed by atoms with Gasteiger partial charge < -0.3 is 6.15 Å². The smallest absolute Gasteiger partial charge is 0.159 e. The Morgan fingerprint density at radius 1 is 1.08 bits per heavy atom. The van der Waals surface area contributed by atoms with E-state index in [1.54, 1.807) is 6.07 Å². The van der Waals surface area contributed by atoms with Gasteiger partial charge in [0.05, 0.1) is 0 Å². The standard InChI is InChI=1S/C9H8F2.H3N/c10-8-4-3-7(5-9(8)11)6-1-2-6;/h3-6H,1-2H2;1H3/p+1. The molecule has 1 saturated carbocycles. The lowest BCUT2D eigenvalue weighted by atomic mass is 10.1. The van der Waals surface area contributed by atoms with Crippen LogP contribution >= 0.6 is 0 Å². The summed E-state index contributed by atoms with van der Waals surface area (Å²) in [7, 11) is 0. The molecular weight excluding hydrogens is 160 g/mol. The molecule has 66 valence electrons. The maximum absolute atomic E-state index is 12.6. The Bertz CT molecular complexity index is 282. The maximum Gasteiger partial charge on any atom is 0.159 e. The lowest BCUT2D eigenvalue weighted by Crippen LogP contribution is -1.86. The third kappa shape index (κ3) is 1.61. The summed E-state index contributed by atoms with van der Waals surface area (Å²) < 4.78 is 25.0. The molecule has 1 fully saturated rings. The highest BCUT2D eigenvalue weighted by Crippen LogP contribution is 2.40. The first-order valence-electron chi connectivity index (χ1n) is 3.72. The molecular formula is C9H12F2N+. The third-order valence-electron chi connectivity index (χ3n) is 1.99. The zero-order valence-corrected chi connectivity index (χ0v) is 6.98. The van der Waals surface area contributed by atoms with E-state index in [1.807, 2.05) is 0 Å². The Kier molecular flexibility index (Phi) is 2.43. The first-order valence-corrected chi connectivity index (χ1v) is 3.72. The molecule has 0 spiro atoms. The average molecular weight is 172 g/mol. The van der Waals surface area contributed by atoms with Crippen LogP contribution in [0.1, 0.15) is 24.3 Å². The second kappa shape index (κ2) is 3.19. The molecule has 0 radical (unpaired) electrons. The van der Waals surface area contributed by atoms with Crippen molar-refractivity contribution < 1.29 is 8.78 Å². The van der Waals surface area contributed by atoms with Crippen LogP contribution in [0.2, 0.25) is 0 Å². The number of halogens is 2. The highest BCUT2D eigenvalue weighted by molar-refractivity contribution is 5.24. The minimum atomic E-state index is -0.755. The normalized spacial score (nSPS) is 15.5. The van der Waals surface area contributed by atoms with Crippen molar-refractivity contribution in [3.63, 3.8) is 0 Å². The topological polar surface area (TPSA) is 36.5 Å². The van der Waals surface area contributed by atoms with Gasteiger partial charge in [0.25, 0.3) is 0 Å². The number of hydrogen-bond acceptors (Lipinski definition) is 0. The largest absolute Gasteiger partial charge is 0.369 e. The molecule has 0 unspecified atom stereocenters. The van der Waals surface area contributed by atoms with E-state index < -0.39 is 11.6 Å². The van der Waals surface area contributed by atoms with Crippen LogP contribution in [-0.2, 0) is 0 Å². The molecule has 0 aliphatic heterocycles. The van der Waals surface area contributed by atoms with Crippen molar-refractivity contribution in [3.05, 3.63) is 35.4 Å². The van der Waals surface area contributed by atoms with Gasteiger partial charge in [0.1, 0.15) is 0 Å². The Morgan fingerprint density at radius 3 is 2.25 bits per heavy atom. The maximum atomic E-state index is 12.6. The summed E-state index contributed by atoms with van der Waals surface area (Å²) in [6, 6.07) is 4.16. The van der Waals surface area contributed by atoms with E-state index in [9.17, 15) is 8.78 Å². The van der Waals surface area contributed by atoms with Gasteiger partial charge in [0, 0.05) is 0 Å². The monoisotopic (exact) mass is 172 g/mol. The number of quaternary nitrogens is 1. The zero-order chi connectivity index (χ0) is 7.84. The van der Waals surface area contributed by atoms with Crippen molar-refractivity contribution in [1.82, 2.24) is 6.15 Å². The van der Waals surface area contributed by atoms with Gasteiger partial charge in [-0.25, -0.2) is 8.78 Å². The average Bonchev–Trinajstić information content (AvgIpc) is 2.77. The summed E-state index contributed by atoms with van der Waals surface area (Å²) in [5, 5.41) is 0. The van der Waals surface area contributed by atoms with Crippen molar-refractivity contribution in [1.29, 1.82) is 0 Å². The number of hydrogen-bond donors (Lipinski definition) is 1. The van der Waals surface area contributed by atoms with Crippen molar-refractivity contribution in [2.75, 3.05) is 0 Å². The first-order chi connectivity index (χ1) is 5.27. The van der Waals surface area contributed by atoms with Crippen LogP contribution < -0.4 is 6.15 Å². The molecule has 0 saturated heterocycles. The predicted molar refractivity (Wildman–Crippen MR) is 44.3 cm³/mol. The van der Waals surface area contributed by atoms with Crippen molar-refractivity contribution in [2.45, 2.75) is 18.8 Å². The molecule has 1 aliphatic carbocycles. The molecule has 3 heteroatoms. The molecule has 0 heterocycles. The first kappa shape index (κ1) is 9.13. The molecule has 0 atom stereocenters. The van der Waals surface area contributed by atoms with Crippen LogP contribution in [0.3, 0.4) is 0 Å². The second-order valence-corrected chi connectivity index (χ2v) is 2.95. The lowest BCUT2D eigenvalue weighted by Gasteiger charge is -1.97. The molecule has 1 aliphatic rings. The van der Waals surface area contributed by atoms with Crippen LogP contribution in [0, 0.1) is 11.6 Å². The Labute approximate surface area is 70.0 Å². The van der Waals surface area contributed by atoms with Crippen molar-refractivity contribution in [2.24, 2.45) is 0 Å². The van der Waals surface area contributed by atoms with Gasteiger partial charge in [-0.2, -0.15) is 0 Å².